The Balaban J connectivity index is 2.20. The number of nitrogens with one attached hydrogen (secondary N) is 1. The monoisotopic (exact) mass is 340 g/mol. The second-order valence-electron chi connectivity index (χ2n) is 6.01. The summed E-state index contributed by atoms with van der Waals surface area (Å²) in [6.45, 7) is 10.8. The van der Waals surface area contributed by atoms with Crippen LogP contribution in [0.2, 0.25) is 5.15 Å². The highest BCUT2D eigenvalue weighted by Gasteiger charge is 2.21. The first-order valence-electron chi connectivity index (χ1n) is 7.29. The molecule has 7 heteroatoms. The van der Waals surface area contributed by atoms with Crippen molar-refractivity contribution in [3.8, 4) is 0 Å². The van der Waals surface area contributed by atoms with Crippen LogP contribution in [-0.4, -0.2) is 20.7 Å². The molecule has 0 fully saturated rings. The molecule has 2 heterocycles. The van der Waals surface area contributed by atoms with Crippen LogP contribution in [0.15, 0.2) is 5.38 Å². The Bertz CT molecular complexity index is 675. The Kier molecular flexibility index (Phi) is 5.24. The second kappa shape index (κ2) is 6.79. The zero-order valence-corrected chi connectivity index (χ0v) is 15.0. The molecule has 1 N–H and O–H groups in total. The van der Waals surface area contributed by atoms with Gasteiger partial charge in [0.05, 0.1) is 17.0 Å². The second-order valence-corrected chi connectivity index (χ2v) is 7.23. The SMILES string of the molecule is Cc1nn(CC(C)C)c(Cl)c1C(=O)Nc1nc(C(C)C)cs1. The standard InChI is InChI=1S/C15H21ClN4OS/c1-8(2)6-20-13(16)12(10(5)19-20)14(21)18-15-17-11(7-22-15)9(3)4/h7-9H,6H2,1-5H3,(H,17,18,21). The molecule has 0 saturated carbocycles. The predicted octanol–water partition coefficient (Wildman–Crippen LogP) is 4.33. The molecule has 0 aliphatic rings. The summed E-state index contributed by atoms with van der Waals surface area (Å²) in [6, 6.07) is 0. The van der Waals surface area contributed by atoms with Crippen LogP contribution >= 0.6 is 22.9 Å². The molecule has 0 aliphatic carbocycles. The molecule has 5 nitrogen and oxygen atoms in total. The molecule has 0 saturated heterocycles. The minimum atomic E-state index is -0.262. The minimum absolute atomic E-state index is 0.262. The Hall–Kier alpha value is -1.40. The third-order valence-corrected chi connectivity index (χ3v) is 4.32. The fraction of sp³-hybridized carbons (Fsp3) is 0.533. The van der Waals surface area contributed by atoms with Crippen LogP contribution in [0.3, 0.4) is 0 Å². The molecule has 1 amide bonds. The lowest BCUT2D eigenvalue weighted by Crippen LogP contribution is -2.13. The molecule has 0 unspecified atom stereocenters. The van der Waals surface area contributed by atoms with Crippen molar-refractivity contribution in [2.24, 2.45) is 5.92 Å². The Labute approximate surface area is 139 Å². The van der Waals surface area contributed by atoms with E-state index in [1.54, 1.807) is 11.6 Å². The molecule has 0 bridgehead atoms. The van der Waals surface area contributed by atoms with Gasteiger partial charge in [-0.05, 0) is 18.8 Å². The number of carbonyl (C=O) groups excluding carboxylic acids is 1. The molecule has 0 atom stereocenters. The van der Waals surface area contributed by atoms with Gasteiger partial charge in [0.25, 0.3) is 5.91 Å². The summed E-state index contributed by atoms with van der Waals surface area (Å²) in [6.07, 6.45) is 0. The largest absolute Gasteiger partial charge is 0.298 e. The summed E-state index contributed by atoms with van der Waals surface area (Å²) in [5, 5.41) is 10.1. The first kappa shape index (κ1) is 17.0. The molecular formula is C15H21ClN4OS. The van der Waals surface area contributed by atoms with Gasteiger partial charge in [0, 0.05) is 11.9 Å². The minimum Gasteiger partial charge on any atom is -0.298 e. The lowest BCUT2D eigenvalue weighted by atomic mass is 10.2. The highest BCUT2D eigenvalue weighted by atomic mass is 35.5. The molecule has 0 aromatic carbocycles. The molecule has 2 aromatic heterocycles. The van der Waals surface area contributed by atoms with Crippen LogP contribution < -0.4 is 5.32 Å². The van der Waals surface area contributed by atoms with E-state index in [1.807, 2.05) is 5.38 Å². The fourth-order valence-electron chi connectivity index (χ4n) is 2.05. The Morgan fingerprint density at radius 1 is 1.41 bits per heavy atom. The zero-order chi connectivity index (χ0) is 16.4. The lowest BCUT2D eigenvalue weighted by Gasteiger charge is -2.06. The van der Waals surface area contributed by atoms with Crippen LogP contribution in [0.4, 0.5) is 5.13 Å². The summed E-state index contributed by atoms with van der Waals surface area (Å²) < 4.78 is 1.68. The molecule has 2 rings (SSSR count). The van der Waals surface area contributed by atoms with Crippen LogP contribution in [-0.2, 0) is 6.54 Å². The maximum absolute atomic E-state index is 12.5. The molecule has 0 spiro atoms. The number of aryl methyl sites for hydroxylation is 1. The molecule has 2 aromatic rings. The summed E-state index contributed by atoms with van der Waals surface area (Å²) in [7, 11) is 0. The first-order valence-corrected chi connectivity index (χ1v) is 8.55. The number of anilines is 1. The number of thiazole rings is 1. The van der Waals surface area contributed by atoms with Crippen molar-refractivity contribution >= 4 is 34.0 Å². The van der Waals surface area contributed by atoms with Crippen molar-refractivity contribution in [2.75, 3.05) is 5.32 Å². The smallest absolute Gasteiger partial charge is 0.262 e. The number of amides is 1. The van der Waals surface area contributed by atoms with E-state index in [-0.39, 0.29) is 5.91 Å². The van der Waals surface area contributed by atoms with Crippen molar-refractivity contribution in [3.63, 3.8) is 0 Å². The highest BCUT2D eigenvalue weighted by molar-refractivity contribution is 7.14. The Morgan fingerprint density at radius 2 is 2.09 bits per heavy atom. The Morgan fingerprint density at radius 3 is 2.64 bits per heavy atom. The normalized spacial score (nSPS) is 11.5. The lowest BCUT2D eigenvalue weighted by molar-refractivity contribution is 0.102. The number of hydrogen-bond acceptors (Lipinski definition) is 4. The van der Waals surface area contributed by atoms with Crippen molar-refractivity contribution in [1.29, 1.82) is 0 Å². The van der Waals surface area contributed by atoms with E-state index in [4.69, 9.17) is 11.6 Å². The number of rotatable bonds is 5. The number of aromatic nitrogens is 3. The van der Waals surface area contributed by atoms with Gasteiger partial charge < -0.3 is 0 Å². The van der Waals surface area contributed by atoms with Gasteiger partial charge in [-0.3, -0.25) is 14.8 Å². The maximum Gasteiger partial charge on any atom is 0.262 e. The summed E-state index contributed by atoms with van der Waals surface area (Å²) in [4.78, 5) is 16.9. The highest BCUT2D eigenvalue weighted by Crippen LogP contribution is 2.25. The summed E-state index contributed by atoms with van der Waals surface area (Å²) in [5.74, 6) is 0.475. The number of nitrogens with zero attached hydrogens (tertiary/aromatic N) is 3. The topological polar surface area (TPSA) is 59.8 Å². The predicted molar refractivity (Wildman–Crippen MR) is 91.0 cm³/mol. The van der Waals surface area contributed by atoms with Gasteiger partial charge in [-0.25, -0.2) is 4.98 Å². The van der Waals surface area contributed by atoms with E-state index in [9.17, 15) is 4.79 Å². The fourth-order valence-corrected chi connectivity index (χ4v) is 3.24. The van der Waals surface area contributed by atoms with E-state index in [0.29, 0.717) is 39.9 Å². The molecule has 120 valence electrons. The molecule has 0 radical (unpaired) electrons. The van der Waals surface area contributed by atoms with E-state index < -0.39 is 0 Å². The van der Waals surface area contributed by atoms with Gasteiger partial charge in [0.15, 0.2) is 5.13 Å². The van der Waals surface area contributed by atoms with Gasteiger partial charge in [-0.15, -0.1) is 11.3 Å². The van der Waals surface area contributed by atoms with Crippen LogP contribution in [0.1, 0.15) is 55.4 Å². The van der Waals surface area contributed by atoms with E-state index >= 15 is 0 Å². The number of carbonyl (C=O) groups is 1. The molecule has 0 aliphatic heterocycles. The van der Waals surface area contributed by atoms with Gasteiger partial charge in [-0.1, -0.05) is 39.3 Å². The van der Waals surface area contributed by atoms with E-state index in [0.717, 1.165) is 5.69 Å². The summed E-state index contributed by atoms with van der Waals surface area (Å²) in [5.41, 5.74) is 2.02. The van der Waals surface area contributed by atoms with Crippen molar-refractivity contribution < 1.29 is 4.79 Å². The van der Waals surface area contributed by atoms with Crippen LogP contribution in [0.5, 0.6) is 0 Å². The summed E-state index contributed by atoms with van der Waals surface area (Å²) >= 11 is 7.73. The molecule has 22 heavy (non-hydrogen) atoms. The number of hydrogen-bond donors (Lipinski definition) is 1. The van der Waals surface area contributed by atoms with Crippen molar-refractivity contribution in [1.82, 2.24) is 14.8 Å². The quantitative estimate of drug-likeness (QED) is 0.881. The van der Waals surface area contributed by atoms with E-state index in [2.05, 4.69) is 43.1 Å². The van der Waals surface area contributed by atoms with Crippen LogP contribution in [0.25, 0.3) is 0 Å². The zero-order valence-electron chi connectivity index (χ0n) is 13.5. The third-order valence-electron chi connectivity index (χ3n) is 3.16. The third kappa shape index (κ3) is 3.67. The molecular weight excluding hydrogens is 320 g/mol. The van der Waals surface area contributed by atoms with Crippen molar-refractivity contribution in [3.05, 3.63) is 27.5 Å². The maximum atomic E-state index is 12.5. The van der Waals surface area contributed by atoms with E-state index in [1.165, 1.54) is 11.3 Å². The van der Waals surface area contributed by atoms with Crippen molar-refractivity contribution in [2.45, 2.75) is 47.1 Å². The van der Waals surface area contributed by atoms with Gasteiger partial charge in [0.2, 0.25) is 0 Å². The van der Waals surface area contributed by atoms with Gasteiger partial charge >= 0.3 is 0 Å². The first-order chi connectivity index (χ1) is 10.3. The van der Waals surface area contributed by atoms with Crippen LogP contribution in [0, 0.1) is 12.8 Å². The average Bonchev–Trinajstić information content (AvgIpc) is 2.95. The van der Waals surface area contributed by atoms with Gasteiger partial charge in [-0.2, -0.15) is 5.10 Å². The number of halogens is 1. The van der Waals surface area contributed by atoms with Gasteiger partial charge in [0.1, 0.15) is 5.15 Å². The average molecular weight is 341 g/mol.